The van der Waals surface area contributed by atoms with Crippen LogP contribution < -0.4 is 18.9 Å². The minimum atomic E-state index is 0.0714. The summed E-state index contributed by atoms with van der Waals surface area (Å²) in [6.07, 6.45) is 5.55. The predicted octanol–water partition coefficient (Wildman–Crippen LogP) is 3.50. The number of rotatable bonds is 9. The van der Waals surface area contributed by atoms with Crippen molar-refractivity contribution in [3.8, 4) is 23.0 Å². The van der Waals surface area contributed by atoms with E-state index in [4.69, 9.17) is 18.9 Å². The summed E-state index contributed by atoms with van der Waals surface area (Å²) in [5, 5.41) is 2.16. The average molecular weight is 464 g/mol. The van der Waals surface area contributed by atoms with Crippen molar-refractivity contribution in [2.24, 2.45) is 0 Å². The van der Waals surface area contributed by atoms with Crippen molar-refractivity contribution in [1.29, 1.82) is 0 Å². The van der Waals surface area contributed by atoms with Crippen molar-refractivity contribution in [2.45, 2.75) is 19.4 Å². The highest BCUT2D eigenvalue weighted by molar-refractivity contribution is 5.99. The number of ether oxygens (including phenoxy) is 4. The molecule has 8 nitrogen and oxygen atoms in total. The van der Waals surface area contributed by atoms with E-state index in [0.29, 0.717) is 18.0 Å². The van der Waals surface area contributed by atoms with Gasteiger partial charge < -0.3 is 28.7 Å². The first-order valence-corrected chi connectivity index (χ1v) is 11.5. The number of hydrogen-bond acceptors (Lipinski definition) is 7. The molecule has 0 spiro atoms. The molecule has 0 fully saturated rings. The van der Waals surface area contributed by atoms with E-state index in [1.165, 1.54) is 5.56 Å². The third kappa shape index (κ3) is 4.21. The van der Waals surface area contributed by atoms with Crippen LogP contribution in [-0.4, -0.2) is 68.4 Å². The number of nitrogens with zero attached hydrogens (tertiary/aromatic N) is 3. The van der Waals surface area contributed by atoms with Crippen LogP contribution in [0.5, 0.6) is 23.0 Å². The van der Waals surface area contributed by atoms with Crippen molar-refractivity contribution < 1.29 is 23.7 Å². The third-order valence-corrected chi connectivity index (χ3v) is 6.55. The molecule has 178 valence electrons. The van der Waals surface area contributed by atoms with Crippen molar-refractivity contribution in [2.75, 3.05) is 47.7 Å². The zero-order valence-electron chi connectivity index (χ0n) is 19.8. The minimum absolute atomic E-state index is 0.0714. The van der Waals surface area contributed by atoms with Crippen LogP contribution in [0.2, 0.25) is 0 Å². The number of likely N-dealkylation sites (N-methyl/N-ethyl adjacent to an activating group) is 1. The zero-order chi connectivity index (χ0) is 23.7. The fraction of sp³-hybridized carbons (Fsp3) is 0.385. The second-order valence-electron chi connectivity index (χ2n) is 8.72. The summed E-state index contributed by atoms with van der Waals surface area (Å²) >= 11 is 0. The molecule has 2 aliphatic heterocycles. The molecule has 0 aliphatic carbocycles. The van der Waals surface area contributed by atoms with Gasteiger partial charge in [-0.2, -0.15) is 0 Å². The van der Waals surface area contributed by atoms with Crippen LogP contribution in [-0.2, 0) is 13.0 Å². The topological polar surface area (TPSA) is 73.4 Å². The van der Waals surface area contributed by atoms with E-state index in [2.05, 4.69) is 16.9 Å². The van der Waals surface area contributed by atoms with Crippen molar-refractivity contribution in [1.82, 2.24) is 14.8 Å². The predicted molar refractivity (Wildman–Crippen MR) is 128 cm³/mol. The van der Waals surface area contributed by atoms with E-state index in [1.54, 1.807) is 14.2 Å². The summed E-state index contributed by atoms with van der Waals surface area (Å²) in [6.45, 7) is 3.36. The van der Waals surface area contributed by atoms with Crippen LogP contribution in [0.25, 0.3) is 10.8 Å². The molecule has 5 rings (SSSR count). The Morgan fingerprint density at radius 2 is 1.79 bits per heavy atom. The number of fused-ring (bicyclic) bond motifs is 3. The van der Waals surface area contributed by atoms with Crippen LogP contribution in [0.3, 0.4) is 0 Å². The molecule has 2 aliphatic rings. The summed E-state index contributed by atoms with van der Waals surface area (Å²) in [7, 11) is 5.40. The van der Waals surface area contributed by atoms with Gasteiger partial charge in [-0.1, -0.05) is 0 Å². The molecule has 1 aromatic heterocycles. The summed E-state index contributed by atoms with van der Waals surface area (Å²) in [5.41, 5.74) is 2.92. The average Bonchev–Trinajstić information content (AvgIpc) is 3.43. The molecular weight excluding hydrogens is 434 g/mol. The van der Waals surface area contributed by atoms with Gasteiger partial charge in [-0.25, -0.2) is 0 Å². The van der Waals surface area contributed by atoms with E-state index < -0.39 is 0 Å². The molecule has 2 aromatic carbocycles. The fourth-order valence-corrected chi connectivity index (χ4v) is 4.65. The molecule has 0 saturated heterocycles. The van der Waals surface area contributed by atoms with Gasteiger partial charge in [-0.15, -0.1) is 0 Å². The lowest BCUT2D eigenvalue weighted by molar-refractivity contribution is 0.0771. The molecule has 0 atom stereocenters. The van der Waals surface area contributed by atoms with Crippen molar-refractivity contribution >= 4 is 16.7 Å². The third-order valence-electron chi connectivity index (χ3n) is 6.55. The van der Waals surface area contributed by atoms with Crippen LogP contribution in [0.15, 0.2) is 36.7 Å². The molecule has 0 bridgehead atoms. The molecule has 0 N–H and O–H groups in total. The minimum Gasteiger partial charge on any atom is -0.493 e. The maximum Gasteiger partial charge on any atom is 0.254 e. The van der Waals surface area contributed by atoms with E-state index in [0.717, 1.165) is 65.9 Å². The smallest absolute Gasteiger partial charge is 0.254 e. The number of carbonyl (C=O) groups is 1. The monoisotopic (exact) mass is 463 g/mol. The van der Waals surface area contributed by atoms with Crippen molar-refractivity contribution in [3.05, 3.63) is 53.3 Å². The van der Waals surface area contributed by atoms with E-state index in [1.807, 2.05) is 41.6 Å². The number of carbonyl (C=O) groups excluding carboxylic acids is 1. The van der Waals surface area contributed by atoms with Gasteiger partial charge in [-0.05, 0) is 67.2 Å². The van der Waals surface area contributed by atoms with Gasteiger partial charge in [0.15, 0.2) is 23.0 Å². The van der Waals surface area contributed by atoms with Crippen LogP contribution in [0.4, 0.5) is 0 Å². The van der Waals surface area contributed by atoms with Gasteiger partial charge in [-0.3, -0.25) is 9.78 Å². The summed E-state index contributed by atoms with van der Waals surface area (Å²) in [5.74, 6) is 2.88. The lowest BCUT2D eigenvalue weighted by Gasteiger charge is -2.20. The summed E-state index contributed by atoms with van der Waals surface area (Å²) in [6, 6.07) is 7.74. The number of amides is 1. The van der Waals surface area contributed by atoms with Gasteiger partial charge in [0.2, 0.25) is 6.79 Å². The quantitative estimate of drug-likeness (QED) is 0.481. The Balaban J connectivity index is 1.15. The van der Waals surface area contributed by atoms with E-state index in [9.17, 15) is 4.79 Å². The highest BCUT2D eigenvalue weighted by Gasteiger charge is 2.30. The second-order valence-corrected chi connectivity index (χ2v) is 8.72. The lowest BCUT2D eigenvalue weighted by atomic mass is 10.0. The molecule has 3 aromatic rings. The van der Waals surface area contributed by atoms with E-state index in [-0.39, 0.29) is 12.7 Å². The number of hydrogen-bond donors (Lipinski definition) is 0. The zero-order valence-corrected chi connectivity index (χ0v) is 19.8. The summed E-state index contributed by atoms with van der Waals surface area (Å²) in [4.78, 5) is 21.4. The number of pyridine rings is 1. The van der Waals surface area contributed by atoms with Gasteiger partial charge in [0.25, 0.3) is 5.91 Å². The molecule has 0 saturated carbocycles. The molecule has 0 radical (unpaired) electrons. The lowest BCUT2D eigenvalue weighted by Crippen LogP contribution is -2.29. The van der Waals surface area contributed by atoms with Gasteiger partial charge >= 0.3 is 0 Å². The van der Waals surface area contributed by atoms with E-state index >= 15 is 0 Å². The first-order valence-electron chi connectivity index (χ1n) is 11.5. The summed E-state index contributed by atoms with van der Waals surface area (Å²) < 4.78 is 21.8. The Labute approximate surface area is 199 Å². The Morgan fingerprint density at radius 1 is 1.03 bits per heavy atom. The highest BCUT2D eigenvalue weighted by Crippen LogP contribution is 2.38. The second kappa shape index (κ2) is 9.38. The SMILES string of the molecule is COc1cc2cncc(CCN(C)CCCN3Cc4cc5c(cc4C3=O)OCO5)c2cc1OC. The Bertz CT molecular complexity index is 1230. The van der Waals surface area contributed by atoms with Gasteiger partial charge in [0.05, 0.1) is 14.2 Å². The standard InChI is InChI=1S/C26H29N3O5/c1-28(8-5-17-13-27-14-18-9-22(31-2)23(32-3)11-20(17)18)6-4-7-29-15-19-10-24-25(34-16-33-24)12-21(19)26(29)30/h9-14H,4-8,15-16H2,1-3H3. The number of benzene rings is 2. The molecule has 8 heteroatoms. The number of methoxy groups -OCH3 is 2. The van der Waals surface area contributed by atoms with Gasteiger partial charge in [0, 0.05) is 43.0 Å². The van der Waals surface area contributed by atoms with Crippen molar-refractivity contribution in [3.63, 3.8) is 0 Å². The molecule has 34 heavy (non-hydrogen) atoms. The normalized spacial score (nSPS) is 14.2. The largest absolute Gasteiger partial charge is 0.493 e. The van der Waals surface area contributed by atoms with Crippen LogP contribution in [0, 0.1) is 0 Å². The fourth-order valence-electron chi connectivity index (χ4n) is 4.65. The number of aromatic nitrogens is 1. The van der Waals surface area contributed by atoms with Crippen LogP contribution in [0.1, 0.15) is 27.9 Å². The molecule has 0 unspecified atom stereocenters. The maximum atomic E-state index is 12.8. The molecular formula is C26H29N3O5. The maximum absolute atomic E-state index is 12.8. The first-order chi connectivity index (χ1) is 16.6. The van der Waals surface area contributed by atoms with Crippen LogP contribution >= 0.6 is 0 Å². The Morgan fingerprint density at radius 3 is 2.59 bits per heavy atom. The van der Waals surface area contributed by atoms with Gasteiger partial charge in [0.1, 0.15) is 0 Å². The highest BCUT2D eigenvalue weighted by atomic mass is 16.7. The Kier molecular flexibility index (Phi) is 6.15. The molecule has 1 amide bonds. The Hall–Kier alpha value is -3.52. The first kappa shape index (κ1) is 22.3. The molecule has 3 heterocycles.